The summed E-state index contributed by atoms with van der Waals surface area (Å²) in [6, 6.07) is 10.7. The highest BCUT2D eigenvalue weighted by Crippen LogP contribution is 2.34. The molecule has 1 fully saturated rings. The normalized spacial score (nSPS) is 14.6. The molecule has 12 heteroatoms. The van der Waals surface area contributed by atoms with Crippen molar-refractivity contribution in [2.45, 2.75) is 13.3 Å². The minimum absolute atomic E-state index is 0.0292. The van der Waals surface area contributed by atoms with Gasteiger partial charge in [0.15, 0.2) is 11.5 Å². The Morgan fingerprint density at radius 2 is 1.89 bits per heavy atom. The number of urea groups is 1. The highest BCUT2D eigenvalue weighted by atomic mass is 35.5. The topological polar surface area (TPSA) is 141 Å². The van der Waals surface area contributed by atoms with E-state index in [-0.39, 0.29) is 33.5 Å². The number of rotatable bonds is 8. The van der Waals surface area contributed by atoms with E-state index in [0.29, 0.717) is 23.7 Å². The van der Waals surface area contributed by atoms with Gasteiger partial charge in [-0.05, 0) is 48.9 Å². The zero-order chi connectivity index (χ0) is 26.7. The molecule has 190 valence electrons. The summed E-state index contributed by atoms with van der Waals surface area (Å²) in [6.45, 7) is 2.40. The summed E-state index contributed by atoms with van der Waals surface area (Å²) in [5.74, 6) is -0.673. The third kappa shape index (κ3) is 5.16. The van der Waals surface area contributed by atoms with Crippen molar-refractivity contribution in [3.8, 4) is 22.8 Å². The van der Waals surface area contributed by atoms with Gasteiger partial charge in [-0.25, -0.2) is 9.69 Å². The Labute approximate surface area is 215 Å². The number of nitrogens with one attached hydrogen (secondary N) is 1. The molecule has 0 atom stereocenters. The highest BCUT2D eigenvalue weighted by Gasteiger charge is 2.37. The Kier molecular flexibility index (Phi) is 7.25. The van der Waals surface area contributed by atoms with Crippen LogP contribution in [0.4, 0.5) is 16.2 Å². The van der Waals surface area contributed by atoms with Gasteiger partial charge in [-0.15, -0.1) is 0 Å². The number of imide groups is 2. The number of nitro groups is 1. The number of methoxy groups -OCH3 is 1. The molecule has 4 rings (SSSR count). The van der Waals surface area contributed by atoms with Crippen molar-refractivity contribution in [1.82, 2.24) is 5.32 Å². The van der Waals surface area contributed by atoms with Gasteiger partial charge in [-0.1, -0.05) is 18.5 Å². The summed E-state index contributed by atoms with van der Waals surface area (Å²) in [5, 5.41) is 13.3. The second kappa shape index (κ2) is 10.5. The van der Waals surface area contributed by atoms with Crippen LogP contribution in [-0.2, 0) is 9.59 Å². The summed E-state index contributed by atoms with van der Waals surface area (Å²) < 4.78 is 16.6. The summed E-state index contributed by atoms with van der Waals surface area (Å²) in [5.41, 5.74) is -0.120. The van der Waals surface area contributed by atoms with Crippen LogP contribution in [0.3, 0.4) is 0 Å². The van der Waals surface area contributed by atoms with Gasteiger partial charge in [0.2, 0.25) is 0 Å². The number of hydrogen-bond acceptors (Lipinski definition) is 8. The van der Waals surface area contributed by atoms with E-state index in [1.807, 2.05) is 6.92 Å². The molecule has 1 saturated heterocycles. The number of furan rings is 1. The Balaban J connectivity index is 1.65. The average Bonchev–Trinajstić information content (AvgIpc) is 3.34. The molecule has 2 aromatic carbocycles. The quantitative estimate of drug-likeness (QED) is 0.188. The molecular formula is C25H20ClN3O8. The minimum atomic E-state index is -0.926. The van der Waals surface area contributed by atoms with E-state index in [1.165, 1.54) is 55.7 Å². The second-order valence-corrected chi connectivity index (χ2v) is 8.17. The largest absolute Gasteiger partial charge is 0.493 e. The number of ether oxygens (including phenoxy) is 2. The molecule has 1 aromatic heterocycles. The first-order valence-electron chi connectivity index (χ1n) is 11.0. The lowest BCUT2D eigenvalue weighted by Crippen LogP contribution is -2.54. The van der Waals surface area contributed by atoms with E-state index in [1.54, 1.807) is 6.07 Å². The van der Waals surface area contributed by atoms with Crippen LogP contribution in [0.25, 0.3) is 17.4 Å². The summed E-state index contributed by atoms with van der Waals surface area (Å²) in [7, 11) is 1.43. The molecule has 3 aromatic rings. The number of carbonyl (C=O) groups is 3. The fourth-order valence-electron chi connectivity index (χ4n) is 3.55. The average molecular weight is 526 g/mol. The maximum atomic E-state index is 13.2. The number of amides is 4. The van der Waals surface area contributed by atoms with E-state index in [4.69, 9.17) is 25.5 Å². The molecule has 0 radical (unpaired) electrons. The number of benzene rings is 2. The predicted molar refractivity (Wildman–Crippen MR) is 134 cm³/mol. The Hall–Kier alpha value is -4.64. The molecule has 0 spiro atoms. The molecule has 1 N–H and O–H groups in total. The third-order valence-corrected chi connectivity index (χ3v) is 5.63. The number of halogens is 1. The molecule has 1 aliphatic heterocycles. The molecule has 0 aliphatic carbocycles. The monoisotopic (exact) mass is 525 g/mol. The molecule has 37 heavy (non-hydrogen) atoms. The predicted octanol–water partition coefficient (Wildman–Crippen LogP) is 4.97. The van der Waals surface area contributed by atoms with Crippen LogP contribution in [0, 0.1) is 10.1 Å². The number of nitrogens with zero attached hydrogens (tertiary/aromatic N) is 2. The molecule has 0 saturated carbocycles. The van der Waals surface area contributed by atoms with Gasteiger partial charge in [0.25, 0.3) is 17.5 Å². The van der Waals surface area contributed by atoms with Crippen molar-refractivity contribution in [3.05, 3.63) is 75.0 Å². The van der Waals surface area contributed by atoms with Crippen LogP contribution in [0.15, 0.2) is 58.5 Å². The maximum Gasteiger partial charge on any atom is 0.335 e. The van der Waals surface area contributed by atoms with Gasteiger partial charge < -0.3 is 13.9 Å². The third-order valence-electron chi connectivity index (χ3n) is 5.31. The van der Waals surface area contributed by atoms with E-state index in [0.717, 1.165) is 11.3 Å². The Morgan fingerprint density at radius 3 is 2.59 bits per heavy atom. The van der Waals surface area contributed by atoms with Gasteiger partial charge in [0, 0.05) is 17.7 Å². The van der Waals surface area contributed by atoms with Crippen LogP contribution >= 0.6 is 11.6 Å². The zero-order valence-corrected chi connectivity index (χ0v) is 20.4. The Morgan fingerprint density at radius 1 is 1.11 bits per heavy atom. The number of carbonyl (C=O) groups excluding carboxylic acids is 3. The van der Waals surface area contributed by atoms with Crippen LogP contribution in [0.5, 0.6) is 11.5 Å². The van der Waals surface area contributed by atoms with Gasteiger partial charge >= 0.3 is 6.03 Å². The van der Waals surface area contributed by atoms with Crippen LogP contribution < -0.4 is 19.7 Å². The van der Waals surface area contributed by atoms with Gasteiger partial charge in [0.05, 0.1) is 24.3 Å². The fraction of sp³-hybridized carbons (Fsp3) is 0.160. The number of hydrogen-bond donors (Lipinski definition) is 1. The van der Waals surface area contributed by atoms with Crippen LogP contribution in [0.2, 0.25) is 5.02 Å². The van der Waals surface area contributed by atoms with Gasteiger partial charge in [-0.3, -0.25) is 25.0 Å². The molecule has 0 unspecified atom stereocenters. The van der Waals surface area contributed by atoms with E-state index in [2.05, 4.69) is 5.32 Å². The highest BCUT2D eigenvalue weighted by molar-refractivity contribution is 6.39. The zero-order valence-electron chi connectivity index (χ0n) is 19.6. The van der Waals surface area contributed by atoms with Gasteiger partial charge in [0.1, 0.15) is 22.1 Å². The smallest absolute Gasteiger partial charge is 0.335 e. The Bertz CT molecular complexity index is 1450. The summed E-state index contributed by atoms with van der Waals surface area (Å²) >= 11 is 5.86. The van der Waals surface area contributed by atoms with Crippen LogP contribution in [0.1, 0.15) is 19.1 Å². The molecular weight excluding hydrogens is 506 g/mol. The van der Waals surface area contributed by atoms with Crippen molar-refractivity contribution in [2.24, 2.45) is 0 Å². The molecule has 1 aliphatic rings. The fourth-order valence-corrected chi connectivity index (χ4v) is 3.74. The first-order chi connectivity index (χ1) is 17.7. The lowest BCUT2D eigenvalue weighted by Gasteiger charge is -2.26. The van der Waals surface area contributed by atoms with Crippen molar-refractivity contribution in [3.63, 3.8) is 0 Å². The number of nitro benzene ring substituents is 1. The first-order valence-corrected chi connectivity index (χ1v) is 11.4. The maximum absolute atomic E-state index is 13.2. The summed E-state index contributed by atoms with van der Waals surface area (Å²) in [4.78, 5) is 49.6. The number of barbiturate groups is 1. The first kappa shape index (κ1) is 25.5. The van der Waals surface area contributed by atoms with E-state index >= 15 is 0 Å². The minimum Gasteiger partial charge on any atom is -0.493 e. The summed E-state index contributed by atoms with van der Waals surface area (Å²) in [6.07, 6.45) is 1.96. The molecule has 2 heterocycles. The van der Waals surface area contributed by atoms with Crippen molar-refractivity contribution in [2.75, 3.05) is 18.6 Å². The van der Waals surface area contributed by atoms with Gasteiger partial charge in [-0.2, -0.15) is 0 Å². The molecule has 0 bridgehead atoms. The van der Waals surface area contributed by atoms with E-state index < -0.39 is 22.8 Å². The standard InChI is InChI=1S/C25H20ClN3O8/c1-3-10-36-21-8-5-15(12-22(21)35-2)28-24(31)17(23(30)27-25(28)32)13-16-6-9-20(37-16)14-4-7-18(26)19(11-14)29(33)34/h4-9,11-13H,3,10H2,1-2H3,(H,27,30,32)/b17-13-. The molecule has 11 nitrogen and oxygen atoms in total. The lowest BCUT2D eigenvalue weighted by atomic mass is 10.1. The van der Waals surface area contributed by atoms with Crippen molar-refractivity contribution < 1.29 is 33.2 Å². The van der Waals surface area contributed by atoms with Crippen LogP contribution in [-0.4, -0.2) is 36.5 Å². The van der Waals surface area contributed by atoms with Crippen molar-refractivity contribution >= 4 is 46.9 Å². The second-order valence-electron chi connectivity index (χ2n) is 7.77. The SMILES string of the molecule is CCCOc1ccc(N2C(=O)NC(=O)/C(=C/c3ccc(-c4ccc(Cl)c([N+](=O)[O-])c4)o3)C2=O)cc1OC. The number of anilines is 1. The van der Waals surface area contributed by atoms with E-state index in [9.17, 15) is 24.5 Å². The molecule has 4 amide bonds. The lowest BCUT2D eigenvalue weighted by molar-refractivity contribution is -0.384. The van der Waals surface area contributed by atoms with Crippen molar-refractivity contribution in [1.29, 1.82) is 0 Å².